The number of anilines is 1. The van der Waals surface area contributed by atoms with E-state index in [0.29, 0.717) is 5.69 Å². The quantitative estimate of drug-likeness (QED) is 0.594. The van der Waals surface area contributed by atoms with Crippen LogP contribution in [-0.4, -0.2) is 81.7 Å². The Morgan fingerprint density at radius 1 is 0.970 bits per heavy atom. The fourth-order valence-electron chi connectivity index (χ4n) is 4.11. The Hall–Kier alpha value is -2.30. The summed E-state index contributed by atoms with van der Waals surface area (Å²) >= 11 is 0. The molecule has 2 aromatic rings. The lowest BCUT2D eigenvalue weighted by molar-refractivity contribution is -0.304. The van der Waals surface area contributed by atoms with E-state index < -0.39 is 48.3 Å². The maximum Gasteiger partial charge on any atom is 0.331 e. The molecule has 0 radical (unpaired) electrons. The number of aromatic nitrogens is 1. The Bertz CT molecular complexity index is 927. The molecule has 1 aromatic heterocycles. The number of hydrogen-bond acceptors (Lipinski definition) is 9. The van der Waals surface area contributed by atoms with E-state index in [0.717, 1.165) is 10.9 Å². The van der Waals surface area contributed by atoms with Gasteiger partial charge in [-0.2, -0.15) is 0 Å². The fourth-order valence-corrected chi connectivity index (χ4v) is 4.11. The van der Waals surface area contributed by atoms with Crippen molar-refractivity contribution in [1.82, 2.24) is 4.98 Å². The molecule has 2 heterocycles. The van der Waals surface area contributed by atoms with Gasteiger partial charge in [-0.05, 0) is 32.9 Å². The molecule has 1 fully saturated rings. The van der Waals surface area contributed by atoms with Gasteiger partial charge in [0.05, 0.1) is 11.2 Å². The van der Waals surface area contributed by atoms with E-state index in [1.165, 1.54) is 7.11 Å². The zero-order valence-electron chi connectivity index (χ0n) is 20.2. The first-order valence-electron chi connectivity index (χ1n) is 10.8. The van der Waals surface area contributed by atoms with Gasteiger partial charge in [-0.15, -0.1) is 0 Å². The molecule has 9 nitrogen and oxygen atoms in total. The number of rotatable bonds is 8. The van der Waals surface area contributed by atoms with Gasteiger partial charge in [-0.25, -0.2) is 4.79 Å². The monoisotopic (exact) mass is 462 g/mol. The van der Waals surface area contributed by atoms with E-state index in [1.807, 2.05) is 51.1 Å². The van der Waals surface area contributed by atoms with E-state index in [1.54, 1.807) is 27.5 Å². The lowest BCUT2D eigenvalue weighted by Gasteiger charge is -2.46. The summed E-state index contributed by atoms with van der Waals surface area (Å²) in [6.45, 7) is 5.44. The zero-order chi connectivity index (χ0) is 24.2. The Morgan fingerprint density at radius 2 is 1.64 bits per heavy atom. The van der Waals surface area contributed by atoms with Crippen LogP contribution < -0.4 is 5.32 Å². The summed E-state index contributed by atoms with van der Waals surface area (Å²) in [6.07, 6.45) is -1.66. The lowest BCUT2D eigenvalue weighted by atomic mass is 9.92. The van der Waals surface area contributed by atoms with E-state index in [9.17, 15) is 4.79 Å². The predicted octanol–water partition coefficient (Wildman–Crippen LogP) is 2.77. The minimum absolute atomic E-state index is 0.497. The number of fused-ring (bicyclic) bond motifs is 1. The third-order valence-electron chi connectivity index (χ3n) is 5.51. The first kappa shape index (κ1) is 25.3. The second kappa shape index (κ2) is 10.8. The van der Waals surface area contributed by atoms with Crippen molar-refractivity contribution >= 4 is 22.6 Å². The van der Waals surface area contributed by atoms with Gasteiger partial charge in [-0.1, -0.05) is 18.2 Å². The molecule has 9 heteroatoms. The van der Waals surface area contributed by atoms with Crippen LogP contribution in [0.5, 0.6) is 0 Å². The summed E-state index contributed by atoms with van der Waals surface area (Å²) in [5.41, 5.74) is 0.681. The highest BCUT2D eigenvalue weighted by Crippen LogP contribution is 2.32. The molecule has 1 aliphatic rings. The molecule has 0 unspecified atom stereocenters. The van der Waals surface area contributed by atoms with Crippen molar-refractivity contribution in [2.45, 2.75) is 63.1 Å². The summed E-state index contributed by atoms with van der Waals surface area (Å²) < 4.78 is 34.6. The van der Waals surface area contributed by atoms with Crippen molar-refractivity contribution < 1.29 is 33.2 Å². The van der Waals surface area contributed by atoms with Crippen LogP contribution in [0.3, 0.4) is 0 Å². The molecule has 182 valence electrons. The smallest absolute Gasteiger partial charge is 0.331 e. The molecule has 1 aliphatic heterocycles. The Kier molecular flexibility index (Phi) is 8.25. The van der Waals surface area contributed by atoms with Gasteiger partial charge in [-0.3, -0.25) is 4.98 Å². The van der Waals surface area contributed by atoms with Crippen LogP contribution in [0.4, 0.5) is 5.69 Å². The highest BCUT2D eigenvalue weighted by atomic mass is 16.7. The van der Waals surface area contributed by atoms with Crippen molar-refractivity contribution in [1.29, 1.82) is 0 Å². The molecule has 0 amide bonds. The van der Waals surface area contributed by atoms with E-state index in [2.05, 4.69) is 10.3 Å². The van der Waals surface area contributed by atoms with Gasteiger partial charge >= 0.3 is 5.97 Å². The van der Waals surface area contributed by atoms with Crippen molar-refractivity contribution in [2.75, 3.05) is 33.8 Å². The number of esters is 1. The second-order valence-corrected chi connectivity index (χ2v) is 8.84. The van der Waals surface area contributed by atoms with Gasteiger partial charge in [0, 0.05) is 40.0 Å². The number of ether oxygens (including phenoxy) is 6. The number of para-hydroxylation sites is 1. The Morgan fingerprint density at radius 3 is 2.24 bits per heavy atom. The lowest BCUT2D eigenvalue weighted by Crippen LogP contribution is -2.65. The summed E-state index contributed by atoms with van der Waals surface area (Å²) in [5.74, 6) is -0.497. The van der Waals surface area contributed by atoms with Crippen molar-refractivity contribution in [2.24, 2.45) is 0 Å². The van der Waals surface area contributed by atoms with Crippen LogP contribution in [0.25, 0.3) is 10.9 Å². The average Bonchev–Trinajstić information content (AvgIpc) is 2.79. The molecule has 1 saturated heterocycles. The van der Waals surface area contributed by atoms with Crippen LogP contribution in [0, 0.1) is 0 Å². The van der Waals surface area contributed by atoms with Crippen LogP contribution in [0.1, 0.15) is 20.8 Å². The molecule has 0 bridgehead atoms. The maximum atomic E-state index is 13.4. The number of carbonyl (C=O) groups is 1. The van der Waals surface area contributed by atoms with Crippen molar-refractivity contribution in [3.05, 3.63) is 36.5 Å². The molecule has 1 aromatic carbocycles. The molecule has 6 atom stereocenters. The summed E-state index contributed by atoms with van der Waals surface area (Å²) in [5, 5.41) is 4.24. The predicted molar refractivity (Wildman–Crippen MR) is 123 cm³/mol. The van der Waals surface area contributed by atoms with Crippen LogP contribution >= 0.6 is 0 Å². The fraction of sp³-hybridized carbons (Fsp3) is 0.583. The molecule has 0 saturated carbocycles. The van der Waals surface area contributed by atoms with Gasteiger partial charge < -0.3 is 33.7 Å². The second-order valence-electron chi connectivity index (χ2n) is 8.84. The highest BCUT2D eigenvalue weighted by Gasteiger charge is 2.52. The normalized spacial score (nSPS) is 26.7. The number of benzene rings is 1. The topological polar surface area (TPSA) is 97.4 Å². The number of carbonyl (C=O) groups excluding carboxylic acids is 1. The van der Waals surface area contributed by atoms with E-state index in [4.69, 9.17) is 28.4 Å². The average molecular weight is 463 g/mol. The Labute approximate surface area is 194 Å². The standard InChI is InChI=1S/C24H34N2O7/c1-24(2,3)33-22(27)17(26-15-12-8-10-14-11-9-13-25-16(14)15)18-19(28-4)20(29-5)21(30-6)23(31-7)32-18/h8-13,17-21,23,26H,1-7H3/t17-,18+,19+,20-,21-,23-/m0/s1. The highest BCUT2D eigenvalue weighted by molar-refractivity contribution is 5.92. The summed E-state index contributed by atoms with van der Waals surface area (Å²) in [4.78, 5) is 17.9. The first-order valence-corrected chi connectivity index (χ1v) is 10.8. The van der Waals surface area contributed by atoms with Crippen LogP contribution in [0.15, 0.2) is 36.5 Å². The molecule has 0 spiro atoms. The van der Waals surface area contributed by atoms with Gasteiger partial charge in [0.15, 0.2) is 12.3 Å². The molecular weight excluding hydrogens is 428 g/mol. The maximum absolute atomic E-state index is 13.4. The van der Waals surface area contributed by atoms with E-state index >= 15 is 0 Å². The van der Waals surface area contributed by atoms with Gasteiger partial charge in [0.25, 0.3) is 0 Å². The minimum Gasteiger partial charge on any atom is -0.458 e. The number of pyridine rings is 1. The number of nitrogens with zero attached hydrogens (tertiary/aromatic N) is 1. The Balaban J connectivity index is 2.04. The molecule has 33 heavy (non-hydrogen) atoms. The largest absolute Gasteiger partial charge is 0.458 e. The molecule has 1 N–H and O–H groups in total. The summed E-state index contributed by atoms with van der Waals surface area (Å²) in [6, 6.07) is 8.57. The first-order chi connectivity index (χ1) is 15.7. The SMILES string of the molecule is CO[C@H]1O[C@H]([C@H](Nc2cccc3cccnc23)C(=O)OC(C)(C)C)[C@@H](OC)[C@H](OC)[C@@H]1OC. The van der Waals surface area contributed by atoms with E-state index in [-0.39, 0.29) is 0 Å². The van der Waals surface area contributed by atoms with Crippen molar-refractivity contribution in [3.63, 3.8) is 0 Å². The number of hydrogen-bond donors (Lipinski definition) is 1. The molecular formula is C24H34N2O7. The number of methoxy groups -OCH3 is 4. The van der Waals surface area contributed by atoms with Crippen molar-refractivity contribution in [3.8, 4) is 0 Å². The number of nitrogens with one attached hydrogen (secondary N) is 1. The third-order valence-corrected chi connectivity index (χ3v) is 5.51. The zero-order valence-corrected chi connectivity index (χ0v) is 20.2. The molecule has 3 rings (SSSR count). The van der Waals surface area contributed by atoms with Crippen LogP contribution in [-0.2, 0) is 33.2 Å². The molecule has 0 aliphatic carbocycles. The van der Waals surface area contributed by atoms with Gasteiger partial charge in [0.2, 0.25) is 0 Å². The van der Waals surface area contributed by atoms with Gasteiger partial charge in [0.1, 0.15) is 30.0 Å². The summed E-state index contributed by atoms with van der Waals surface area (Å²) in [7, 11) is 6.16. The minimum atomic E-state index is -0.949. The van der Waals surface area contributed by atoms with Crippen LogP contribution in [0.2, 0.25) is 0 Å². The third kappa shape index (κ3) is 5.62.